The van der Waals surface area contributed by atoms with E-state index in [-0.39, 0.29) is 36.2 Å². The fraction of sp³-hybridized carbons (Fsp3) is 0.429. The van der Waals surface area contributed by atoms with E-state index in [0.717, 1.165) is 42.1 Å². The number of nitrogens with zero attached hydrogens (tertiary/aromatic N) is 1. The molecule has 0 aromatic heterocycles. The standard InChI is InChI=1S/C21H25N3O2/c22-16-8-10-17(11-9-16)23-21(26)15-12-20(25)24(13-15)19-7-3-5-14-4-1-2-6-18(14)19/h1-7,15-17H,8-13,22H2,(H,23,26). The molecule has 1 saturated heterocycles. The van der Waals surface area contributed by atoms with Gasteiger partial charge in [-0.2, -0.15) is 0 Å². The zero-order valence-electron chi connectivity index (χ0n) is 14.9. The molecule has 1 saturated carbocycles. The maximum atomic E-state index is 12.7. The maximum absolute atomic E-state index is 12.7. The molecule has 136 valence electrons. The zero-order valence-corrected chi connectivity index (χ0v) is 14.9. The Labute approximate surface area is 153 Å². The molecule has 3 N–H and O–H groups in total. The Bertz CT molecular complexity index is 822. The third kappa shape index (κ3) is 3.31. The Hall–Kier alpha value is -2.40. The number of rotatable bonds is 3. The molecule has 1 heterocycles. The van der Waals surface area contributed by atoms with E-state index < -0.39 is 0 Å². The van der Waals surface area contributed by atoms with Crippen LogP contribution in [0.5, 0.6) is 0 Å². The van der Waals surface area contributed by atoms with Crippen LogP contribution in [-0.4, -0.2) is 30.4 Å². The van der Waals surface area contributed by atoms with E-state index in [0.29, 0.717) is 6.54 Å². The van der Waals surface area contributed by atoms with Crippen molar-refractivity contribution in [1.29, 1.82) is 0 Å². The van der Waals surface area contributed by atoms with Gasteiger partial charge in [-0.3, -0.25) is 9.59 Å². The number of amides is 2. The van der Waals surface area contributed by atoms with Crippen molar-refractivity contribution in [2.24, 2.45) is 11.7 Å². The highest BCUT2D eigenvalue weighted by atomic mass is 16.2. The first-order chi connectivity index (χ1) is 12.6. The Balaban J connectivity index is 1.47. The molecule has 1 aliphatic carbocycles. The number of hydrogen-bond donors (Lipinski definition) is 2. The van der Waals surface area contributed by atoms with Crippen molar-refractivity contribution >= 4 is 28.3 Å². The molecule has 0 bridgehead atoms. The van der Waals surface area contributed by atoms with E-state index in [4.69, 9.17) is 5.73 Å². The number of carbonyl (C=O) groups excluding carboxylic acids is 2. The molecule has 1 unspecified atom stereocenters. The molecule has 5 heteroatoms. The number of carbonyl (C=O) groups is 2. The molecule has 26 heavy (non-hydrogen) atoms. The van der Waals surface area contributed by atoms with Crippen molar-refractivity contribution in [2.45, 2.75) is 44.2 Å². The van der Waals surface area contributed by atoms with Gasteiger partial charge in [0.15, 0.2) is 0 Å². The van der Waals surface area contributed by atoms with Crippen molar-refractivity contribution in [3.8, 4) is 0 Å². The third-order valence-electron chi connectivity index (χ3n) is 5.67. The summed E-state index contributed by atoms with van der Waals surface area (Å²) >= 11 is 0. The predicted molar refractivity (Wildman–Crippen MR) is 103 cm³/mol. The second-order valence-corrected chi connectivity index (χ2v) is 7.52. The highest BCUT2D eigenvalue weighted by Gasteiger charge is 2.36. The smallest absolute Gasteiger partial charge is 0.227 e. The molecule has 1 atom stereocenters. The molecule has 4 rings (SSSR count). The molecule has 0 radical (unpaired) electrons. The van der Waals surface area contributed by atoms with Crippen molar-refractivity contribution < 1.29 is 9.59 Å². The molecule has 5 nitrogen and oxygen atoms in total. The Morgan fingerprint density at radius 1 is 1.04 bits per heavy atom. The SMILES string of the molecule is NC1CCC(NC(=O)C2CC(=O)N(c3cccc4ccccc34)C2)CC1. The number of anilines is 1. The fourth-order valence-electron chi connectivity index (χ4n) is 4.14. The van der Waals surface area contributed by atoms with Crippen LogP contribution in [0.4, 0.5) is 5.69 Å². The van der Waals surface area contributed by atoms with Crippen LogP contribution >= 0.6 is 0 Å². The number of fused-ring (bicyclic) bond motifs is 1. The van der Waals surface area contributed by atoms with Crippen LogP contribution in [0, 0.1) is 5.92 Å². The van der Waals surface area contributed by atoms with E-state index >= 15 is 0 Å². The van der Waals surface area contributed by atoms with Gasteiger partial charge in [-0.25, -0.2) is 0 Å². The van der Waals surface area contributed by atoms with E-state index in [1.807, 2.05) is 42.5 Å². The van der Waals surface area contributed by atoms with Gasteiger partial charge >= 0.3 is 0 Å². The lowest BCUT2D eigenvalue weighted by molar-refractivity contribution is -0.127. The molecule has 1 aliphatic heterocycles. The molecular formula is C21H25N3O2. The van der Waals surface area contributed by atoms with E-state index in [1.54, 1.807) is 4.90 Å². The summed E-state index contributed by atoms with van der Waals surface area (Å²) in [5.41, 5.74) is 6.83. The molecule has 2 aliphatic rings. The van der Waals surface area contributed by atoms with Gasteiger partial charge in [-0.15, -0.1) is 0 Å². The van der Waals surface area contributed by atoms with Crippen LogP contribution in [0.2, 0.25) is 0 Å². The summed E-state index contributed by atoms with van der Waals surface area (Å²) in [7, 11) is 0. The van der Waals surface area contributed by atoms with Crippen molar-refractivity contribution in [3.05, 3.63) is 42.5 Å². The lowest BCUT2D eigenvalue weighted by Gasteiger charge is -2.27. The molecular weight excluding hydrogens is 326 g/mol. The minimum absolute atomic E-state index is 0.00144. The quantitative estimate of drug-likeness (QED) is 0.892. The first kappa shape index (κ1) is 17.0. The van der Waals surface area contributed by atoms with Gasteiger partial charge in [0.05, 0.1) is 11.6 Å². The van der Waals surface area contributed by atoms with Gasteiger partial charge in [0.2, 0.25) is 11.8 Å². The highest BCUT2D eigenvalue weighted by Crippen LogP contribution is 2.32. The van der Waals surface area contributed by atoms with Crippen molar-refractivity contribution in [2.75, 3.05) is 11.4 Å². The lowest BCUT2D eigenvalue weighted by Crippen LogP contribution is -2.43. The van der Waals surface area contributed by atoms with Crippen molar-refractivity contribution in [1.82, 2.24) is 5.32 Å². The predicted octanol–water partition coefficient (Wildman–Crippen LogP) is 2.58. The van der Waals surface area contributed by atoms with Gasteiger partial charge in [0.1, 0.15) is 0 Å². The summed E-state index contributed by atoms with van der Waals surface area (Å²) in [6.07, 6.45) is 4.05. The Morgan fingerprint density at radius 3 is 2.58 bits per heavy atom. The van der Waals surface area contributed by atoms with Crippen LogP contribution in [-0.2, 0) is 9.59 Å². The topological polar surface area (TPSA) is 75.4 Å². The number of nitrogens with two attached hydrogens (primary N) is 1. The molecule has 2 aromatic rings. The summed E-state index contributed by atoms with van der Waals surface area (Å²) in [5, 5.41) is 5.29. The average molecular weight is 351 g/mol. The second-order valence-electron chi connectivity index (χ2n) is 7.52. The lowest BCUT2D eigenvalue weighted by atomic mass is 9.91. The zero-order chi connectivity index (χ0) is 18.1. The minimum Gasteiger partial charge on any atom is -0.353 e. The third-order valence-corrected chi connectivity index (χ3v) is 5.67. The summed E-state index contributed by atoms with van der Waals surface area (Å²) in [6, 6.07) is 14.5. The van der Waals surface area contributed by atoms with Gasteiger partial charge in [-0.1, -0.05) is 36.4 Å². The monoisotopic (exact) mass is 351 g/mol. The second kappa shape index (κ2) is 7.08. The van der Waals surface area contributed by atoms with Crippen LogP contribution in [0.1, 0.15) is 32.1 Å². The van der Waals surface area contributed by atoms with Crippen LogP contribution in [0.3, 0.4) is 0 Å². The van der Waals surface area contributed by atoms with Crippen LogP contribution < -0.4 is 16.0 Å². The summed E-state index contributed by atoms with van der Waals surface area (Å²) in [5.74, 6) is -0.259. The summed E-state index contributed by atoms with van der Waals surface area (Å²) in [4.78, 5) is 27.0. The minimum atomic E-state index is -0.280. The molecule has 2 aromatic carbocycles. The van der Waals surface area contributed by atoms with Crippen LogP contribution in [0.25, 0.3) is 10.8 Å². The normalized spacial score (nSPS) is 26.3. The summed E-state index contributed by atoms with van der Waals surface area (Å²) < 4.78 is 0. The van der Waals surface area contributed by atoms with Crippen LogP contribution in [0.15, 0.2) is 42.5 Å². The van der Waals surface area contributed by atoms with E-state index in [2.05, 4.69) is 5.32 Å². The Morgan fingerprint density at radius 2 is 1.77 bits per heavy atom. The van der Waals surface area contributed by atoms with Gasteiger partial charge < -0.3 is 16.0 Å². The number of nitrogens with one attached hydrogen (secondary N) is 1. The number of hydrogen-bond acceptors (Lipinski definition) is 3. The molecule has 2 fully saturated rings. The first-order valence-electron chi connectivity index (χ1n) is 9.46. The summed E-state index contributed by atoms with van der Waals surface area (Å²) in [6.45, 7) is 0.449. The number of benzene rings is 2. The fourth-order valence-corrected chi connectivity index (χ4v) is 4.14. The Kier molecular flexibility index (Phi) is 4.64. The van der Waals surface area contributed by atoms with Gasteiger partial charge in [0.25, 0.3) is 0 Å². The first-order valence-corrected chi connectivity index (χ1v) is 9.46. The molecule has 0 spiro atoms. The largest absolute Gasteiger partial charge is 0.353 e. The maximum Gasteiger partial charge on any atom is 0.227 e. The average Bonchev–Trinajstić information content (AvgIpc) is 3.05. The highest BCUT2D eigenvalue weighted by molar-refractivity contribution is 6.07. The van der Waals surface area contributed by atoms with E-state index in [9.17, 15) is 9.59 Å². The van der Waals surface area contributed by atoms with Gasteiger partial charge in [0, 0.05) is 30.4 Å². The van der Waals surface area contributed by atoms with Crippen molar-refractivity contribution in [3.63, 3.8) is 0 Å². The van der Waals surface area contributed by atoms with E-state index in [1.165, 1.54) is 0 Å². The molecule has 2 amide bonds. The van der Waals surface area contributed by atoms with Gasteiger partial charge in [-0.05, 0) is 37.1 Å².